The van der Waals surface area contributed by atoms with Crippen LogP contribution in [0.15, 0.2) is 42.5 Å². The molecule has 160 valence electrons. The average molecular weight is 411 g/mol. The highest BCUT2D eigenvalue weighted by Gasteiger charge is 2.30. The predicted octanol–water partition coefficient (Wildman–Crippen LogP) is 5.71. The van der Waals surface area contributed by atoms with Gasteiger partial charge < -0.3 is 14.6 Å². The smallest absolute Gasteiger partial charge is 0.335 e. The number of esters is 1. The van der Waals surface area contributed by atoms with Gasteiger partial charge in [0.1, 0.15) is 11.5 Å². The fourth-order valence-corrected chi connectivity index (χ4v) is 3.88. The summed E-state index contributed by atoms with van der Waals surface area (Å²) in [6, 6.07) is 12.2. The molecule has 1 N–H and O–H groups in total. The van der Waals surface area contributed by atoms with E-state index in [0.29, 0.717) is 5.75 Å². The van der Waals surface area contributed by atoms with E-state index in [2.05, 4.69) is 32.9 Å². The summed E-state index contributed by atoms with van der Waals surface area (Å²) in [6.07, 6.45) is 4.24. The zero-order chi connectivity index (χ0) is 21.7. The van der Waals surface area contributed by atoms with Crippen LogP contribution in [-0.4, -0.2) is 23.7 Å². The number of carboxylic acids is 1. The van der Waals surface area contributed by atoms with Gasteiger partial charge >= 0.3 is 11.9 Å². The Morgan fingerprint density at radius 1 is 1.17 bits per heavy atom. The first-order chi connectivity index (χ1) is 14.3. The van der Waals surface area contributed by atoms with Gasteiger partial charge in [-0.2, -0.15) is 0 Å². The maximum atomic E-state index is 12.6. The second kappa shape index (κ2) is 9.33. The molecule has 0 aliphatic carbocycles. The molecule has 5 nitrogen and oxygen atoms in total. The molecule has 5 heteroatoms. The number of carbonyl (C=O) groups is 2. The first-order valence-electron chi connectivity index (χ1n) is 10.6. The number of fused-ring (bicyclic) bond motifs is 1. The monoisotopic (exact) mass is 410 g/mol. The molecular weight excluding hydrogens is 380 g/mol. The average Bonchev–Trinajstić information content (AvgIpc) is 2.71. The van der Waals surface area contributed by atoms with Crippen molar-refractivity contribution in [2.75, 3.05) is 6.61 Å². The molecule has 1 unspecified atom stereocenters. The number of hydrogen-bond acceptors (Lipinski definition) is 4. The Labute approximate surface area is 178 Å². The van der Waals surface area contributed by atoms with Crippen LogP contribution in [0.3, 0.4) is 0 Å². The largest absolute Gasteiger partial charge is 0.493 e. The van der Waals surface area contributed by atoms with E-state index in [1.165, 1.54) is 29.8 Å². The van der Waals surface area contributed by atoms with Gasteiger partial charge in [0.05, 0.1) is 18.6 Å². The maximum absolute atomic E-state index is 12.6. The lowest BCUT2D eigenvalue weighted by molar-refractivity contribution is -0.134. The van der Waals surface area contributed by atoms with Crippen LogP contribution >= 0.6 is 0 Å². The number of carbonyl (C=O) groups excluding carboxylic acids is 1. The zero-order valence-corrected chi connectivity index (χ0v) is 17.9. The molecule has 0 saturated carbocycles. The Morgan fingerprint density at radius 2 is 1.90 bits per heavy atom. The number of unbranched alkanes of at least 4 members (excludes halogenated alkanes) is 1. The van der Waals surface area contributed by atoms with Gasteiger partial charge in [0, 0.05) is 5.56 Å². The Kier molecular flexibility index (Phi) is 6.80. The molecule has 0 saturated heterocycles. The maximum Gasteiger partial charge on any atom is 0.335 e. The van der Waals surface area contributed by atoms with E-state index < -0.39 is 5.97 Å². The number of rotatable bonds is 8. The summed E-state index contributed by atoms with van der Waals surface area (Å²) in [5, 5.41) is 8.99. The van der Waals surface area contributed by atoms with Gasteiger partial charge in [0.15, 0.2) is 0 Å². The molecule has 0 bridgehead atoms. The molecule has 1 aliphatic heterocycles. The molecule has 0 aromatic heterocycles. The van der Waals surface area contributed by atoms with E-state index in [4.69, 9.17) is 14.6 Å². The molecule has 2 aromatic rings. The van der Waals surface area contributed by atoms with Gasteiger partial charge in [-0.1, -0.05) is 45.7 Å². The van der Waals surface area contributed by atoms with Gasteiger partial charge in [0.25, 0.3) is 0 Å². The van der Waals surface area contributed by atoms with Crippen LogP contribution in [0.1, 0.15) is 80.3 Å². The first-order valence-corrected chi connectivity index (χ1v) is 10.6. The third-order valence-corrected chi connectivity index (χ3v) is 5.84. The lowest BCUT2D eigenvalue weighted by Crippen LogP contribution is -2.27. The van der Waals surface area contributed by atoms with Crippen LogP contribution in [0.5, 0.6) is 11.5 Å². The second-order valence-electron chi connectivity index (χ2n) is 8.58. The van der Waals surface area contributed by atoms with Gasteiger partial charge in [-0.25, -0.2) is 4.79 Å². The van der Waals surface area contributed by atoms with E-state index in [9.17, 15) is 9.59 Å². The van der Waals surface area contributed by atoms with Crippen molar-refractivity contribution in [2.45, 2.75) is 64.2 Å². The number of benzene rings is 2. The summed E-state index contributed by atoms with van der Waals surface area (Å²) < 4.78 is 11.3. The van der Waals surface area contributed by atoms with Crippen LogP contribution in [0, 0.1) is 0 Å². The first kappa shape index (κ1) is 21.9. The Morgan fingerprint density at radius 3 is 2.57 bits per heavy atom. The third-order valence-electron chi connectivity index (χ3n) is 5.84. The van der Waals surface area contributed by atoms with Crippen LogP contribution in [0.2, 0.25) is 0 Å². The molecule has 0 amide bonds. The molecule has 0 fully saturated rings. The summed E-state index contributed by atoms with van der Waals surface area (Å²) in [6.45, 7) is 7.33. The van der Waals surface area contributed by atoms with Crippen molar-refractivity contribution >= 4 is 11.9 Å². The molecule has 1 aliphatic rings. The van der Waals surface area contributed by atoms with Crippen LogP contribution in [-0.2, 0) is 10.2 Å². The highest BCUT2D eigenvalue weighted by molar-refractivity contribution is 5.87. The lowest BCUT2D eigenvalue weighted by atomic mass is 9.77. The van der Waals surface area contributed by atoms with E-state index >= 15 is 0 Å². The van der Waals surface area contributed by atoms with Crippen molar-refractivity contribution in [3.63, 3.8) is 0 Å². The minimum Gasteiger partial charge on any atom is -0.493 e. The normalized spacial score (nSPS) is 15.6. The molecule has 2 aromatic carbocycles. The second-order valence-corrected chi connectivity index (χ2v) is 8.58. The van der Waals surface area contributed by atoms with Crippen LogP contribution in [0.25, 0.3) is 0 Å². The van der Waals surface area contributed by atoms with Crippen molar-refractivity contribution in [3.8, 4) is 11.5 Å². The zero-order valence-electron chi connectivity index (χ0n) is 17.9. The third kappa shape index (κ3) is 5.21. The summed E-state index contributed by atoms with van der Waals surface area (Å²) >= 11 is 0. The summed E-state index contributed by atoms with van der Waals surface area (Å²) in [4.78, 5) is 23.6. The number of aromatic carboxylic acids is 1. The molecule has 3 rings (SSSR count). The standard InChI is InChI=1S/C25H30O5/c1-4-5-6-18(16-23(26)30-20-10-7-17(8-11-20)24(27)28)19-9-12-22-21(15-19)25(2,3)13-14-29-22/h7-12,15,18H,4-6,13-14,16H2,1-3H3,(H,27,28). The fourth-order valence-electron chi connectivity index (χ4n) is 3.88. The Balaban J connectivity index is 1.76. The van der Waals surface area contributed by atoms with Gasteiger partial charge in [0.2, 0.25) is 0 Å². The van der Waals surface area contributed by atoms with E-state index in [1.54, 1.807) is 0 Å². The minimum atomic E-state index is -1.01. The van der Waals surface area contributed by atoms with Gasteiger partial charge in [-0.3, -0.25) is 4.79 Å². The van der Waals surface area contributed by atoms with Crippen molar-refractivity contribution in [2.24, 2.45) is 0 Å². The van der Waals surface area contributed by atoms with Crippen molar-refractivity contribution in [3.05, 3.63) is 59.2 Å². The Bertz CT molecular complexity index is 898. The summed E-state index contributed by atoms with van der Waals surface area (Å²) in [7, 11) is 0. The molecule has 1 heterocycles. The Hall–Kier alpha value is -2.82. The fraction of sp³-hybridized carbons (Fsp3) is 0.440. The van der Waals surface area contributed by atoms with Crippen molar-refractivity contribution < 1.29 is 24.2 Å². The van der Waals surface area contributed by atoms with E-state index in [0.717, 1.165) is 43.6 Å². The topological polar surface area (TPSA) is 72.8 Å². The quantitative estimate of drug-likeness (QED) is 0.445. The van der Waals surface area contributed by atoms with Crippen molar-refractivity contribution in [1.82, 2.24) is 0 Å². The minimum absolute atomic E-state index is 0.0469. The summed E-state index contributed by atoms with van der Waals surface area (Å²) in [5.41, 5.74) is 2.55. The molecule has 30 heavy (non-hydrogen) atoms. The van der Waals surface area contributed by atoms with Crippen LogP contribution < -0.4 is 9.47 Å². The lowest BCUT2D eigenvalue weighted by Gasteiger charge is -2.33. The number of ether oxygens (including phenoxy) is 2. The summed E-state index contributed by atoms with van der Waals surface area (Å²) in [5.74, 6) is 0.0440. The highest BCUT2D eigenvalue weighted by Crippen LogP contribution is 2.40. The predicted molar refractivity (Wildman–Crippen MR) is 115 cm³/mol. The molecule has 1 atom stereocenters. The SMILES string of the molecule is CCCCC(CC(=O)Oc1ccc(C(=O)O)cc1)c1ccc2c(c1)C(C)(C)CCO2. The number of carboxylic acid groups (broad SMARTS) is 1. The van der Waals surface area contributed by atoms with Crippen LogP contribution in [0.4, 0.5) is 0 Å². The van der Waals surface area contributed by atoms with E-state index in [-0.39, 0.29) is 29.3 Å². The number of hydrogen-bond donors (Lipinski definition) is 1. The van der Waals surface area contributed by atoms with Gasteiger partial charge in [-0.05, 0) is 60.1 Å². The molecule has 0 spiro atoms. The molecule has 0 radical (unpaired) electrons. The van der Waals surface area contributed by atoms with Crippen molar-refractivity contribution in [1.29, 1.82) is 0 Å². The highest BCUT2D eigenvalue weighted by atomic mass is 16.5. The van der Waals surface area contributed by atoms with E-state index in [1.807, 2.05) is 6.07 Å². The van der Waals surface area contributed by atoms with Gasteiger partial charge in [-0.15, -0.1) is 0 Å². The molecular formula is C25H30O5.